The Kier molecular flexibility index (Phi) is 5.06. The molecule has 0 unspecified atom stereocenters. The molecule has 72 valence electrons. The van der Waals surface area contributed by atoms with E-state index in [2.05, 4.69) is 28.1 Å². The van der Waals surface area contributed by atoms with Crippen LogP contribution < -0.4 is 0 Å². The number of hydrogen-bond acceptors (Lipinski definition) is 0. The van der Waals surface area contributed by atoms with Crippen molar-refractivity contribution in [1.29, 1.82) is 0 Å². The molecule has 0 bridgehead atoms. The van der Waals surface area contributed by atoms with Gasteiger partial charge < -0.3 is 0 Å². The normalized spacial score (nSPS) is 12.8. The van der Waals surface area contributed by atoms with Crippen molar-refractivity contribution in [2.45, 2.75) is 25.4 Å². The molecule has 0 aliphatic heterocycles. The number of aryl methyl sites for hydroxylation is 1. The number of hydrogen-bond donors (Lipinski definition) is 0. The minimum Gasteiger partial charge on any atom is -0.247 e. The number of alkyl halides is 2. The molecule has 0 aromatic heterocycles. The van der Waals surface area contributed by atoms with Gasteiger partial charge in [-0.25, -0.2) is 4.39 Å². The first-order valence-electron chi connectivity index (χ1n) is 4.57. The van der Waals surface area contributed by atoms with Crippen LogP contribution in [-0.4, -0.2) is 11.5 Å². The fourth-order valence-corrected chi connectivity index (χ4v) is 1.57. The van der Waals surface area contributed by atoms with E-state index in [9.17, 15) is 4.39 Å². The summed E-state index contributed by atoms with van der Waals surface area (Å²) in [5, 5.41) is 0.460. The monoisotopic (exact) mass is 244 g/mol. The molecule has 2 heteroatoms. The van der Waals surface area contributed by atoms with Crippen molar-refractivity contribution >= 4 is 15.9 Å². The third kappa shape index (κ3) is 4.41. The average Bonchev–Trinajstić information content (AvgIpc) is 2.19. The summed E-state index contributed by atoms with van der Waals surface area (Å²) in [5.74, 6) is 0. The van der Waals surface area contributed by atoms with E-state index in [1.807, 2.05) is 18.2 Å². The molecule has 0 saturated carbocycles. The second-order valence-electron chi connectivity index (χ2n) is 3.13. The van der Waals surface area contributed by atoms with Crippen molar-refractivity contribution in [2.75, 3.05) is 5.33 Å². The lowest BCUT2D eigenvalue weighted by Gasteiger charge is -2.03. The van der Waals surface area contributed by atoms with Crippen molar-refractivity contribution in [3.05, 3.63) is 35.9 Å². The lowest BCUT2D eigenvalue weighted by Crippen LogP contribution is -2.01. The maximum Gasteiger partial charge on any atom is 0.110 e. The van der Waals surface area contributed by atoms with Crippen LogP contribution in [0.2, 0.25) is 0 Å². The molecule has 0 saturated heterocycles. The van der Waals surface area contributed by atoms with Gasteiger partial charge in [-0.2, -0.15) is 0 Å². The molecule has 0 heterocycles. The van der Waals surface area contributed by atoms with Gasteiger partial charge in [-0.15, -0.1) is 0 Å². The zero-order chi connectivity index (χ0) is 9.52. The van der Waals surface area contributed by atoms with Gasteiger partial charge in [0.25, 0.3) is 0 Å². The maximum absolute atomic E-state index is 12.8. The van der Waals surface area contributed by atoms with Crippen molar-refractivity contribution in [3.8, 4) is 0 Å². The predicted octanol–water partition coefficient (Wildman–Crippen LogP) is 3.74. The molecule has 1 aromatic carbocycles. The SMILES string of the molecule is F[C@@H](CBr)CCCc1ccccc1. The average molecular weight is 245 g/mol. The first kappa shape index (κ1) is 10.7. The summed E-state index contributed by atoms with van der Waals surface area (Å²) in [6, 6.07) is 10.2. The minimum atomic E-state index is -0.691. The van der Waals surface area contributed by atoms with Crippen LogP contribution in [-0.2, 0) is 6.42 Å². The number of halogens is 2. The van der Waals surface area contributed by atoms with Crippen LogP contribution in [0.4, 0.5) is 4.39 Å². The Morgan fingerprint density at radius 3 is 2.54 bits per heavy atom. The minimum absolute atomic E-state index is 0.460. The quantitative estimate of drug-likeness (QED) is 0.693. The molecule has 0 fully saturated rings. The van der Waals surface area contributed by atoms with Crippen molar-refractivity contribution in [1.82, 2.24) is 0 Å². The van der Waals surface area contributed by atoms with Gasteiger partial charge >= 0.3 is 0 Å². The molecule has 0 spiro atoms. The maximum atomic E-state index is 12.8. The molecule has 0 aliphatic rings. The number of rotatable bonds is 5. The van der Waals surface area contributed by atoms with Gasteiger partial charge in [0.05, 0.1) is 0 Å². The van der Waals surface area contributed by atoms with Gasteiger partial charge in [0.1, 0.15) is 6.17 Å². The zero-order valence-corrected chi connectivity index (χ0v) is 9.13. The Morgan fingerprint density at radius 2 is 1.92 bits per heavy atom. The van der Waals surface area contributed by atoms with E-state index in [1.54, 1.807) is 0 Å². The predicted molar refractivity (Wildman–Crippen MR) is 58.1 cm³/mol. The summed E-state index contributed by atoms with van der Waals surface area (Å²) >= 11 is 3.13. The Bertz CT molecular complexity index is 223. The Morgan fingerprint density at radius 1 is 1.23 bits per heavy atom. The van der Waals surface area contributed by atoms with E-state index in [-0.39, 0.29) is 0 Å². The first-order chi connectivity index (χ1) is 6.33. The van der Waals surface area contributed by atoms with Crippen molar-refractivity contribution in [3.63, 3.8) is 0 Å². The van der Waals surface area contributed by atoms with Crippen LogP contribution in [0.25, 0.3) is 0 Å². The highest BCUT2D eigenvalue weighted by Gasteiger charge is 2.02. The third-order valence-corrected chi connectivity index (χ3v) is 2.70. The smallest absolute Gasteiger partial charge is 0.110 e. The summed E-state index contributed by atoms with van der Waals surface area (Å²) in [5.41, 5.74) is 1.30. The van der Waals surface area contributed by atoms with Gasteiger partial charge in [0.15, 0.2) is 0 Å². The molecule has 13 heavy (non-hydrogen) atoms. The van der Waals surface area contributed by atoms with E-state index < -0.39 is 6.17 Å². The summed E-state index contributed by atoms with van der Waals surface area (Å²) in [6.45, 7) is 0. The van der Waals surface area contributed by atoms with Crippen molar-refractivity contribution < 1.29 is 4.39 Å². The summed E-state index contributed by atoms with van der Waals surface area (Å²) in [7, 11) is 0. The fourth-order valence-electron chi connectivity index (χ4n) is 1.25. The van der Waals surface area contributed by atoms with Crippen LogP contribution in [0, 0.1) is 0 Å². The van der Waals surface area contributed by atoms with Crippen LogP contribution >= 0.6 is 15.9 Å². The molecule has 0 radical (unpaired) electrons. The Labute approximate surface area is 87.3 Å². The Balaban J connectivity index is 2.20. The van der Waals surface area contributed by atoms with Gasteiger partial charge in [0.2, 0.25) is 0 Å². The second kappa shape index (κ2) is 6.14. The number of benzene rings is 1. The highest BCUT2D eigenvalue weighted by atomic mass is 79.9. The Hall–Kier alpha value is -0.370. The molecule has 0 amide bonds. The third-order valence-electron chi connectivity index (χ3n) is 1.99. The molecule has 0 N–H and O–H groups in total. The van der Waals surface area contributed by atoms with E-state index in [0.717, 1.165) is 12.8 Å². The fraction of sp³-hybridized carbons (Fsp3) is 0.455. The highest BCUT2D eigenvalue weighted by molar-refractivity contribution is 9.09. The largest absolute Gasteiger partial charge is 0.247 e. The second-order valence-corrected chi connectivity index (χ2v) is 3.78. The van der Waals surface area contributed by atoms with Crippen LogP contribution in [0.1, 0.15) is 18.4 Å². The first-order valence-corrected chi connectivity index (χ1v) is 5.69. The molecule has 1 aromatic rings. The molecule has 1 rings (SSSR count). The summed E-state index contributed by atoms with van der Waals surface area (Å²) in [6.07, 6.45) is 1.87. The standard InChI is InChI=1S/C11H14BrF/c12-9-11(13)8-4-7-10-5-2-1-3-6-10/h1-3,5-6,11H,4,7-9H2/t11-/m1/s1. The van der Waals surface area contributed by atoms with Gasteiger partial charge in [-0.1, -0.05) is 46.3 Å². The lowest BCUT2D eigenvalue weighted by molar-refractivity contribution is 0.342. The van der Waals surface area contributed by atoms with E-state index in [4.69, 9.17) is 0 Å². The van der Waals surface area contributed by atoms with E-state index in [1.165, 1.54) is 5.56 Å². The molecule has 0 aliphatic carbocycles. The topological polar surface area (TPSA) is 0 Å². The van der Waals surface area contributed by atoms with Crippen LogP contribution in [0.5, 0.6) is 0 Å². The van der Waals surface area contributed by atoms with Gasteiger partial charge in [-0.3, -0.25) is 0 Å². The van der Waals surface area contributed by atoms with Crippen LogP contribution in [0.15, 0.2) is 30.3 Å². The van der Waals surface area contributed by atoms with Crippen molar-refractivity contribution in [2.24, 2.45) is 0 Å². The summed E-state index contributed by atoms with van der Waals surface area (Å²) < 4.78 is 12.8. The van der Waals surface area contributed by atoms with Gasteiger partial charge in [-0.05, 0) is 24.8 Å². The highest BCUT2D eigenvalue weighted by Crippen LogP contribution is 2.09. The molecule has 0 nitrogen and oxygen atoms in total. The van der Waals surface area contributed by atoms with Crippen LogP contribution in [0.3, 0.4) is 0 Å². The molecular weight excluding hydrogens is 231 g/mol. The molecule has 1 atom stereocenters. The molecular formula is C11H14BrF. The zero-order valence-electron chi connectivity index (χ0n) is 7.55. The van der Waals surface area contributed by atoms with E-state index in [0.29, 0.717) is 11.8 Å². The summed E-state index contributed by atoms with van der Waals surface area (Å²) in [4.78, 5) is 0. The van der Waals surface area contributed by atoms with E-state index >= 15 is 0 Å². The van der Waals surface area contributed by atoms with Gasteiger partial charge in [0, 0.05) is 5.33 Å². The lowest BCUT2D eigenvalue weighted by atomic mass is 10.1.